The van der Waals surface area contributed by atoms with Crippen LogP contribution in [0.1, 0.15) is 23.2 Å². The molecular weight excluding hydrogens is 395 g/mol. The topological polar surface area (TPSA) is 75.4 Å². The monoisotopic (exact) mass is 416 g/mol. The zero-order valence-electron chi connectivity index (χ0n) is 16.8. The molecule has 31 heavy (non-hydrogen) atoms. The summed E-state index contributed by atoms with van der Waals surface area (Å²) in [4.78, 5) is 23.5. The maximum atomic E-state index is 13.7. The zero-order valence-corrected chi connectivity index (χ0v) is 16.8. The van der Waals surface area contributed by atoms with Gasteiger partial charge in [0.25, 0.3) is 5.91 Å². The van der Waals surface area contributed by atoms with Gasteiger partial charge in [-0.25, -0.2) is 18.9 Å². The average Bonchev–Trinajstić information content (AvgIpc) is 3.44. The molecule has 1 aliphatic rings. The number of halogens is 1. The number of carbonyl (C=O) groups is 1. The van der Waals surface area contributed by atoms with Crippen LogP contribution in [-0.4, -0.2) is 49.5 Å². The molecule has 156 valence electrons. The van der Waals surface area contributed by atoms with Crippen LogP contribution in [0.3, 0.4) is 0 Å². The number of hydrogen-bond acceptors (Lipinski definition) is 5. The molecule has 8 heteroatoms. The molecule has 4 heterocycles. The van der Waals surface area contributed by atoms with Crippen LogP contribution in [0.4, 0.5) is 10.3 Å². The van der Waals surface area contributed by atoms with E-state index in [9.17, 15) is 9.18 Å². The van der Waals surface area contributed by atoms with Crippen molar-refractivity contribution in [3.8, 4) is 11.3 Å². The van der Waals surface area contributed by atoms with Crippen molar-refractivity contribution in [2.24, 2.45) is 0 Å². The number of nitrogens with one attached hydrogen (secondary N) is 1. The average molecular weight is 416 g/mol. The summed E-state index contributed by atoms with van der Waals surface area (Å²) >= 11 is 0. The maximum absolute atomic E-state index is 13.7. The van der Waals surface area contributed by atoms with Crippen molar-refractivity contribution in [1.29, 1.82) is 0 Å². The van der Waals surface area contributed by atoms with Gasteiger partial charge in [-0.15, -0.1) is 0 Å². The minimum Gasteiger partial charge on any atom is -0.352 e. The van der Waals surface area contributed by atoms with Crippen molar-refractivity contribution < 1.29 is 9.18 Å². The number of pyridine rings is 1. The molecule has 0 radical (unpaired) electrons. The number of anilines is 1. The zero-order chi connectivity index (χ0) is 21.2. The van der Waals surface area contributed by atoms with E-state index in [1.807, 2.05) is 59.6 Å². The van der Waals surface area contributed by atoms with Crippen LogP contribution in [-0.2, 0) is 0 Å². The molecule has 1 aliphatic heterocycles. The van der Waals surface area contributed by atoms with E-state index >= 15 is 0 Å². The lowest BCUT2D eigenvalue weighted by Gasteiger charge is -2.25. The second kappa shape index (κ2) is 8.14. The van der Waals surface area contributed by atoms with Crippen LogP contribution in [0.15, 0.2) is 67.1 Å². The molecule has 0 bridgehead atoms. The number of rotatable bonds is 5. The summed E-state index contributed by atoms with van der Waals surface area (Å²) in [7, 11) is 0. The van der Waals surface area contributed by atoms with Gasteiger partial charge in [-0.2, -0.15) is 5.10 Å². The van der Waals surface area contributed by atoms with E-state index in [1.54, 1.807) is 4.52 Å². The van der Waals surface area contributed by atoms with E-state index in [1.165, 1.54) is 0 Å². The Morgan fingerprint density at radius 2 is 1.87 bits per heavy atom. The molecule has 5 rings (SSSR count). The summed E-state index contributed by atoms with van der Waals surface area (Å²) in [6.45, 7) is 1.17. The molecule has 7 nitrogen and oxygen atoms in total. The molecule has 4 aromatic rings. The highest BCUT2D eigenvalue weighted by atomic mass is 19.1. The highest BCUT2D eigenvalue weighted by Gasteiger charge is 2.33. The molecule has 1 saturated heterocycles. The molecular formula is C23H21FN6O. The fraction of sp³-hybridized carbons (Fsp3) is 0.217. The quantitative estimate of drug-likeness (QED) is 0.538. The minimum absolute atomic E-state index is 0.0107. The highest BCUT2D eigenvalue weighted by molar-refractivity contribution is 6.06. The number of likely N-dealkylation sites (tertiary alicyclic amines) is 1. The second-order valence-corrected chi connectivity index (χ2v) is 7.52. The molecule has 0 aliphatic carbocycles. The lowest BCUT2D eigenvalue weighted by Crippen LogP contribution is -2.39. The third-order valence-electron chi connectivity index (χ3n) is 5.56. The number of aromatic nitrogens is 4. The molecule has 0 saturated carbocycles. The van der Waals surface area contributed by atoms with Crippen LogP contribution < -0.4 is 5.32 Å². The Hall–Kier alpha value is -3.81. The van der Waals surface area contributed by atoms with Crippen LogP contribution in [0.5, 0.6) is 0 Å². The fourth-order valence-electron chi connectivity index (χ4n) is 4.08. The number of nitrogens with zero attached hydrogens (tertiary/aromatic N) is 5. The number of hydrogen-bond donors (Lipinski definition) is 1. The van der Waals surface area contributed by atoms with Crippen molar-refractivity contribution in [2.45, 2.75) is 18.9 Å². The summed E-state index contributed by atoms with van der Waals surface area (Å²) in [5.74, 6) is -0.171. The summed E-state index contributed by atoms with van der Waals surface area (Å²) < 4.78 is 14.8. The van der Waals surface area contributed by atoms with E-state index in [0.717, 1.165) is 36.3 Å². The minimum atomic E-state index is -0.482. The van der Waals surface area contributed by atoms with Crippen LogP contribution in [0.2, 0.25) is 0 Å². The molecule has 1 amide bonds. The molecule has 0 spiro atoms. The van der Waals surface area contributed by atoms with E-state index in [-0.39, 0.29) is 11.9 Å². The standard InChI is InChI=1S/C23H21FN6O/c24-17-13-25-23(26-14-17)27-15-18-9-6-11-29(18)22(31)20-19-10-4-5-12-30(19)28-21(20)16-7-2-1-3-8-16/h1-5,7-8,10,12-14,18H,6,9,11,15H2,(H,25,26,27)/t18-/m0/s1. The Morgan fingerprint density at radius 1 is 1.10 bits per heavy atom. The van der Waals surface area contributed by atoms with Crippen molar-refractivity contribution in [1.82, 2.24) is 24.5 Å². The molecule has 1 atom stereocenters. The second-order valence-electron chi connectivity index (χ2n) is 7.52. The first-order valence-electron chi connectivity index (χ1n) is 10.3. The van der Waals surface area contributed by atoms with Gasteiger partial charge >= 0.3 is 0 Å². The van der Waals surface area contributed by atoms with Crippen LogP contribution >= 0.6 is 0 Å². The molecule has 0 unspecified atom stereocenters. The largest absolute Gasteiger partial charge is 0.352 e. The lowest BCUT2D eigenvalue weighted by molar-refractivity contribution is 0.0746. The summed E-state index contributed by atoms with van der Waals surface area (Å²) in [5, 5.41) is 7.82. The summed E-state index contributed by atoms with van der Waals surface area (Å²) in [6.07, 6.45) is 5.89. The van der Waals surface area contributed by atoms with Gasteiger partial charge in [-0.3, -0.25) is 4.79 Å². The van der Waals surface area contributed by atoms with E-state index in [2.05, 4.69) is 15.3 Å². The first kappa shape index (κ1) is 19.2. The van der Waals surface area contributed by atoms with Gasteiger partial charge in [0.05, 0.1) is 23.5 Å². The Balaban J connectivity index is 1.45. The van der Waals surface area contributed by atoms with Crippen LogP contribution in [0, 0.1) is 5.82 Å². The first-order chi connectivity index (χ1) is 15.2. The van der Waals surface area contributed by atoms with Crippen LogP contribution in [0.25, 0.3) is 16.8 Å². The molecule has 1 aromatic carbocycles. The predicted molar refractivity (Wildman–Crippen MR) is 115 cm³/mol. The lowest BCUT2D eigenvalue weighted by atomic mass is 10.0. The third-order valence-corrected chi connectivity index (χ3v) is 5.56. The Morgan fingerprint density at radius 3 is 2.68 bits per heavy atom. The Kier molecular flexibility index (Phi) is 5.03. The number of amides is 1. The molecule has 1 fully saturated rings. The van der Waals surface area contributed by atoms with Crippen molar-refractivity contribution >= 4 is 17.4 Å². The van der Waals surface area contributed by atoms with Gasteiger partial charge in [0.1, 0.15) is 5.69 Å². The van der Waals surface area contributed by atoms with Crippen molar-refractivity contribution in [2.75, 3.05) is 18.4 Å². The SMILES string of the molecule is O=C(c1c(-c2ccccc2)nn2ccccc12)N1CCC[C@H]1CNc1ncc(F)cn1. The Labute approximate surface area is 178 Å². The van der Waals surface area contributed by atoms with Gasteiger partial charge in [0.15, 0.2) is 5.82 Å². The number of benzene rings is 1. The molecule has 1 N–H and O–H groups in total. The van der Waals surface area contributed by atoms with Crippen molar-refractivity contribution in [3.05, 3.63) is 78.5 Å². The third kappa shape index (κ3) is 3.72. The van der Waals surface area contributed by atoms with Gasteiger partial charge < -0.3 is 10.2 Å². The molecule has 3 aromatic heterocycles. The predicted octanol–water partition coefficient (Wildman–Crippen LogP) is 3.65. The summed E-state index contributed by atoms with van der Waals surface area (Å²) in [5.41, 5.74) is 2.98. The number of carbonyl (C=O) groups excluding carboxylic acids is 1. The van der Waals surface area contributed by atoms with E-state index < -0.39 is 5.82 Å². The number of fused-ring (bicyclic) bond motifs is 1. The maximum Gasteiger partial charge on any atom is 0.258 e. The Bertz CT molecular complexity index is 1210. The summed E-state index contributed by atoms with van der Waals surface area (Å²) in [6, 6.07) is 15.5. The van der Waals surface area contributed by atoms with Gasteiger partial charge in [0.2, 0.25) is 5.95 Å². The van der Waals surface area contributed by atoms with E-state index in [0.29, 0.717) is 30.3 Å². The van der Waals surface area contributed by atoms with Gasteiger partial charge in [-0.1, -0.05) is 36.4 Å². The van der Waals surface area contributed by atoms with Crippen molar-refractivity contribution in [3.63, 3.8) is 0 Å². The van der Waals surface area contributed by atoms with Gasteiger partial charge in [0, 0.05) is 30.9 Å². The highest BCUT2D eigenvalue weighted by Crippen LogP contribution is 2.30. The van der Waals surface area contributed by atoms with Gasteiger partial charge in [-0.05, 0) is 25.0 Å². The smallest absolute Gasteiger partial charge is 0.258 e. The first-order valence-corrected chi connectivity index (χ1v) is 10.3. The fourth-order valence-corrected chi connectivity index (χ4v) is 4.08. The normalized spacial score (nSPS) is 16.0. The van der Waals surface area contributed by atoms with E-state index in [4.69, 9.17) is 5.10 Å².